The first kappa shape index (κ1) is 22.2. The van der Waals surface area contributed by atoms with Crippen LogP contribution < -0.4 is 15.5 Å². The van der Waals surface area contributed by atoms with Gasteiger partial charge in [-0.1, -0.05) is 23.7 Å². The first-order chi connectivity index (χ1) is 16.6. The number of fused-ring (bicyclic) bond motifs is 1. The first-order valence-corrected chi connectivity index (χ1v) is 11.4. The van der Waals surface area contributed by atoms with E-state index in [4.69, 9.17) is 11.6 Å². The van der Waals surface area contributed by atoms with E-state index in [1.54, 1.807) is 41.7 Å². The fourth-order valence-electron chi connectivity index (χ4n) is 4.23. The van der Waals surface area contributed by atoms with Gasteiger partial charge < -0.3 is 10.6 Å². The standard InChI is InChI=1S/C25H22ClFN6O/c26-20-6-1-4-16-9-13-29-23(22(16)20)33(18-5-2-10-28-15-18)24(34)19-8-7-17(14-21(19)27)32-25-30-11-3-12-31-25/h1,3-4,6-9,11-14,18,28H,2,5,10,15H2,(H,30,31,32)/t18-/m1/s1. The number of aromatic nitrogens is 3. The summed E-state index contributed by atoms with van der Waals surface area (Å²) in [5.74, 6) is -0.341. The van der Waals surface area contributed by atoms with Crippen molar-refractivity contribution in [3.8, 4) is 0 Å². The summed E-state index contributed by atoms with van der Waals surface area (Å²) >= 11 is 6.54. The molecule has 3 heterocycles. The lowest BCUT2D eigenvalue weighted by Crippen LogP contribution is -2.49. The van der Waals surface area contributed by atoms with Gasteiger partial charge in [0.2, 0.25) is 5.95 Å². The molecular formula is C25H22ClFN6O. The lowest BCUT2D eigenvalue weighted by Gasteiger charge is -2.34. The predicted molar refractivity (Wildman–Crippen MR) is 131 cm³/mol. The minimum Gasteiger partial charge on any atom is -0.324 e. The number of piperidine rings is 1. The Balaban J connectivity index is 1.55. The smallest absolute Gasteiger partial charge is 0.262 e. The highest BCUT2D eigenvalue weighted by Gasteiger charge is 2.31. The molecule has 2 aromatic heterocycles. The number of hydrogen-bond acceptors (Lipinski definition) is 6. The highest BCUT2D eigenvalue weighted by molar-refractivity contribution is 6.36. The zero-order valence-corrected chi connectivity index (χ0v) is 19.0. The van der Waals surface area contributed by atoms with Crippen molar-refractivity contribution in [2.24, 2.45) is 0 Å². The third-order valence-electron chi connectivity index (χ3n) is 5.82. The molecule has 1 saturated heterocycles. The van der Waals surface area contributed by atoms with Crippen LogP contribution in [-0.2, 0) is 0 Å². The molecule has 7 nitrogen and oxygen atoms in total. The number of halogens is 2. The van der Waals surface area contributed by atoms with Crippen molar-refractivity contribution >= 4 is 45.7 Å². The number of hydrogen-bond donors (Lipinski definition) is 2. The van der Waals surface area contributed by atoms with Crippen LogP contribution in [0.4, 0.5) is 21.8 Å². The zero-order chi connectivity index (χ0) is 23.5. The Hall–Kier alpha value is -3.62. The van der Waals surface area contributed by atoms with Gasteiger partial charge in [0.1, 0.15) is 11.6 Å². The van der Waals surface area contributed by atoms with Crippen LogP contribution in [0.2, 0.25) is 5.02 Å². The van der Waals surface area contributed by atoms with E-state index in [1.165, 1.54) is 12.1 Å². The van der Waals surface area contributed by atoms with Gasteiger partial charge in [0, 0.05) is 36.2 Å². The molecule has 5 rings (SSSR count). The number of anilines is 3. The van der Waals surface area contributed by atoms with Gasteiger partial charge in [-0.2, -0.15) is 0 Å². The number of benzene rings is 2. The Morgan fingerprint density at radius 2 is 1.94 bits per heavy atom. The molecule has 0 saturated carbocycles. The normalized spacial score (nSPS) is 15.8. The zero-order valence-electron chi connectivity index (χ0n) is 18.2. The number of amides is 1. The van der Waals surface area contributed by atoms with Gasteiger partial charge in [0.05, 0.1) is 16.6 Å². The van der Waals surface area contributed by atoms with E-state index in [0.717, 1.165) is 24.8 Å². The summed E-state index contributed by atoms with van der Waals surface area (Å²) in [5, 5.41) is 8.30. The Kier molecular flexibility index (Phi) is 6.33. The fraction of sp³-hybridized carbons (Fsp3) is 0.200. The maximum Gasteiger partial charge on any atom is 0.262 e. The van der Waals surface area contributed by atoms with Crippen molar-refractivity contribution in [2.45, 2.75) is 18.9 Å². The van der Waals surface area contributed by atoms with E-state index >= 15 is 4.39 Å². The molecule has 2 N–H and O–H groups in total. The summed E-state index contributed by atoms with van der Waals surface area (Å²) in [6.45, 7) is 1.46. The number of pyridine rings is 1. The Morgan fingerprint density at radius 3 is 2.71 bits per heavy atom. The summed E-state index contributed by atoms with van der Waals surface area (Å²) in [7, 11) is 0. The maximum absolute atomic E-state index is 15.2. The predicted octanol–water partition coefficient (Wildman–Crippen LogP) is 4.96. The van der Waals surface area contributed by atoms with Crippen molar-refractivity contribution in [1.29, 1.82) is 0 Å². The van der Waals surface area contributed by atoms with Gasteiger partial charge >= 0.3 is 0 Å². The second-order valence-electron chi connectivity index (χ2n) is 8.04. The van der Waals surface area contributed by atoms with Crippen molar-refractivity contribution in [1.82, 2.24) is 20.3 Å². The Morgan fingerprint density at radius 1 is 1.09 bits per heavy atom. The molecule has 2 aromatic carbocycles. The second kappa shape index (κ2) is 9.70. The van der Waals surface area contributed by atoms with Crippen LogP contribution >= 0.6 is 11.6 Å². The van der Waals surface area contributed by atoms with Gasteiger partial charge in [-0.05, 0) is 61.2 Å². The van der Waals surface area contributed by atoms with Crippen molar-refractivity contribution in [3.05, 3.63) is 83.5 Å². The highest BCUT2D eigenvalue weighted by Crippen LogP contribution is 2.34. The van der Waals surface area contributed by atoms with E-state index in [2.05, 4.69) is 25.6 Å². The molecule has 1 atom stereocenters. The monoisotopic (exact) mass is 476 g/mol. The molecule has 34 heavy (non-hydrogen) atoms. The lowest BCUT2D eigenvalue weighted by molar-refractivity contribution is 0.0968. The molecule has 0 radical (unpaired) electrons. The third-order valence-corrected chi connectivity index (χ3v) is 6.14. The van der Waals surface area contributed by atoms with Gasteiger partial charge in [-0.25, -0.2) is 19.3 Å². The van der Waals surface area contributed by atoms with E-state index in [0.29, 0.717) is 34.4 Å². The lowest BCUT2D eigenvalue weighted by atomic mass is 10.0. The minimum absolute atomic E-state index is 0.0454. The fourth-order valence-corrected chi connectivity index (χ4v) is 4.49. The van der Waals surface area contributed by atoms with Crippen LogP contribution in [-0.4, -0.2) is 40.0 Å². The summed E-state index contributed by atoms with van der Waals surface area (Å²) in [6, 6.07) is 13.3. The molecule has 4 aromatic rings. The van der Waals surface area contributed by atoms with E-state index in [1.807, 2.05) is 18.2 Å². The van der Waals surface area contributed by atoms with Crippen molar-refractivity contribution in [3.63, 3.8) is 0 Å². The van der Waals surface area contributed by atoms with Crippen LogP contribution in [0.1, 0.15) is 23.2 Å². The molecule has 1 aliphatic heterocycles. The molecule has 0 bridgehead atoms. The number of nitrogens with one attached hydrogen (secondary N) is 2. The molecule has 0 unspecified atom stereocenters. The van der Waals surface area contributed by atoms with Crippen molar-refractivity contribution in [2.75, 3.05) is 23.3 Å². The Bertz CT molecular complexity index is 1320. The van der Waals surface area contributed by atoms with Gasteiger partial charge in [-0.15, -0.1) is 0 Å². The number of rotatable bonds is 5. The third kappa shape index (κ3) is 4.42. The molecule has 1 amide bonds. The van der Waals surface area contributed by atoms with Crippen LogP contribution in [0.5, 0.6) is 0 Å². The van der Waals surface area contributed by atoms with Crippen LogP contribution in [0.25, 0.3) is 10.8 Å². The summed E-state index contributed by atoms with van der Waals surface area (Å²) in [5.41, 5.74) is 0.397. The summed E-state index contributed by atoms with van der Waals surface area (Å²) < 4.78 is 15.2. The summed E-state index contributed by atoms with van der Waals surface area (Å²) in [6.07, 6.45) is 6.49. The maximum atomic E-state index is 15.2. The first-order valence-electron chi connectivity index (χ1n) is 11.0. The SMILES string of the molecule is O=C(c1ccc(Nc2ncccn2)cc1F)N(c1nccc2cccc(Cl)c12)[C@@H]1CCCNC1. The molecular weight excluding hydrogens is 455 g/mol. The molecule has 0 aliphatic carbocycles. The molecule has 172 valence electrons. The van der Waals surface area contributed by atoms with E-state index in [-0.39, 0.29) is 11.6 Å². The average Bonchev–Trinajstić information content (AvgIpc) is 2.86. The van der Waals surface area contributed by atoms with Crippen molar-refractivity contribution < 1.29 is 9.18 Å². The summed E-state index contributed by atoms with van der Waals surface area (Å²) in [4.78, 5) is 28.1. The molecule has 9 heteroatoms. The molecule has 1 fully saturated rings. The van der Waals surface area contributed by atoms with Crippen LogP contribution in [0, 0.1) is 5.82 Å². The van der Waals surface area contributed by atoms with Gasteiger partial charge in [-0.3, -0.25) is 9.69 Å². The number of carbonyl (C=O) groups is 1. The topological polar surface area (TPSA) is 83.0 Å². The minimum atomic E-state index is -0.647. The van der Waals surface area contributed by atoms with Gasteiger partial charge in [0.25, 0.3) is 5.91 Å². The average molecular weight is 477 g/mol. The largest absolute Gasteiger partial charge is 0.324 e. The van der Waals surface area contributed by atoms with E-state index in [9.17, 15) is 4.79 Å². The molecule has 1 aliphatic rings. The van der Waals surface area contributed by atoms with Gasteiger partial charge in [0.15, 0.2) is 0 Å². The van der Waals surface area contributed by atoms with Crippen LogP contribution in [0.3, 0.4) is 0 Å². The quantitative estimate of drug-likeness (QED) is 0.423. The number of carbonyl (C=O) groups excluding carboxylic acids is 1. The highest BCUT2D eigenvalue weighted by atomic mass is 35.5. The van der Waals surface area contributed by atoms with E-state index < -0.39 is 11.7 Å². The van der Waals surface area contributed by atoms with Crippen LogP contribution in [0.15, 0.2) is 67.1 Å². The molecule has 0 spiro atoms. The number of nitrogens with zero attached hydrogens (tertiary/aromatic N) is 4. The Labute approximate surface area is 201 Å². The second-order valence-corrected chi connectivity index (χ2v) is 8.45.